The van der Waals surface area contributed by atoms with E-state index >= 15 is 0 Å². The highest BCUT2D eigenvalue weighted by Gasteiger charge is 2.18. The Labute approximate surface area is 138 Å². The standard InChI is InChI=1S/C15H13Br3O/c1-9-4-3-5-11(14(9)17)15(18)12-8-10(16)6-7-13(12)19-2/h3-8,15H,1-2H3. The predicted molar refractivity (Wildman–Crippen MR) is 90.3 cm³/mol. The van der Waals surface area contributed by atoms with Gasteiger partial charge in [0.2, 0.25) is 0 Å². The molecule has 2 aromatic rings. The van der Waals surface area contributed by atoms with Gasteiger partial charge in [0.1, 0.15) is 5.75 Å². The predicted octanol–water partition coefficient (Wildman–Crippen LogP) is 6.01. The van der Waals surface area contributed by atoms with E-state index < -0.39 is 0 Å². The number of methoxy groups -OCH3 is 1. The van der Waals surface area contributed by atoms with Crippen LogP contribution in [-0.4, -0.2) is 7.11 Å². The molecule has 2 rings (SSSR count). The molecule has 1 atom stereocenters. The fourth-order valence-corrected chi connectivity index (χ4v) is 3.86. The lowest BCUT2D eigenvalue weighted by Gasteiger charge is -2.17. The minimum atomic E-state index is 0.0780. The van der Waals surface area contributed by atoms with E-state index in [0.29, 0.717) is 0 Å². The maximum absolute atomic E-state index is 5.45. The highest BCUT2D eigenvalue weighted by atomic mass is 79.9. The quantitative estimate of drug-likeness (QED) is 0.522. The molecule has 0 aliphatic carbocycles. The second-order valence-electron chi connectivity index (χ2n) is 4.23. The van der Waals surface area contributed by atoms with Gasteiger partial charge in [-0.25, -0.2) is 0 Å². The molecule has 0 saturated heterocycles. The molecular weight excluding hydrogens is 436 g/mol. The molecule has 0 aliphatic heterocycles. The summed E-state index contributed by atoms with van der Waals surface area (Å²) in [5.74, 6) is 0.874. The van der Waals surface area contributed by atoms with Crippen LogP contribution in [0.4, 0.5) is 0 Å². The van der Waals surface area contributed by atoms with Crippen molar-refractivity contribution < 1.29 is 4.74 Å². The number of aryl methyl sites for hydroxylation is 1. The Morgan fingerprint density at radius 1 is 1.05 bits per heavy atom. The van der Waals surface area contributed by atoms with E-state index in [-0.39, 0.29) is 4.83 Å². The SMILES string of the molecule is COc1ccc(Br)cc1C(Br)c1cccc(C)c1Br. The summed E-state index contributed by atoms with van der Waals surface area (Å²) in [6.45, 7) is 2.09. The van der Waals surface area contributed by atoms with Gasteiger partial charge >= 0.3 is 0 Å². The Hall–Kier alpha value is -0.320. The monoisotopic (exact) mass is 446 g/mol. The molecule has 0 aromatic heterocycles. The van der Waals surface area contributed by atoms with Crippen LogP contribution in [-0.2, 0) is 0 Å². The molecule has 0 spiro atoms. The van der Waals surface area contributed by atoms with Gasteiger partial charge in [-0.15, -0.1) is 0 Å². The van der Waals surface area contributed by atoms with Gasteiger partial charge in [-0.1, -0.05) is 66.0 Å². The summed E-state index contributed by atoms with van der Waals surface area (Å²) in [7, 11) is 1.69. The average molecular weight is 449 g/mol. The molecule has 0 amide bonds. The van der Waals surface area contributed by atoms with Crippen molar-refractivity contribution in [2.45, 2.75) is 11.8 Å². The largest absolute Gasteiger partial charge is 0.496 e. The molecule has 0 radical (unpaired) electrons. The molecule has 0 fully saturated rings. The lowest BCUT2D eigenvalue weighted by molar-refractivity contribution is 0.410. The minimum absolute atomic E-state index is 0.0780. The average Bonchev–Trinajstić information content (AvgIpc) is 2.41. The summed E-state index contributed by atoms with van der Waals surface area (Å²) in [6, 6.07) is 12.3. The van der Waals surface area contributed by atoms with Gasteiger partial charge in [0.15, 0.2) is 0 Å². The number of halogens is 3. The molecule has 0 N–H and O–H groups in total. The van der Waals surface area contributed by atoms with E-state index in [4.69, 9.17) is 4.74 Å². The Kier molecular flexibility index (Phi) is 5.09. The van der Waals surface area contributed by atoms with E-state index in [2.05, 4.69) is 79.0 Å². The summed E-state index contributed by atoms with van der Waals surface area (Å²) >= 11 is 10.9. The fourth-order valence-electron chi connectivity index (χ4n) is 1.94. The summed E-state index contributed by atoms with van der Waals surface area (Å²) < 4.78 is 7.61. The zero-order valence-electron chi connectivity index (χ0n) is 10.6. The first-order valence-electron chi connectivity index (χ1n) is 5.77. The topological polar surface area (TPSA) is 9.23 Å². The minimum Gasteiger partial charge on any atom is -0.496 e. The summed E-state index contributed by atoms with van der Waals surface area (Å²) in [6.07, 6.45) is 0. The number of hydrogen-bond acceptors (Lipinski definition) is 1. The van der Waals surface area contributed by atoms with E-state index in [1.807, 2.05) is 12.1 Å². The maximum Gasteiger partial charge on any atom is 0.123 e. The first-order valence-corrected chi connectivity index (χ1v) is 8.27. The van der Waals surface area contributed by atoms with Crippen LogP contribution in [0, 0.1) is 6.92 Å². The van der Waals surface area contributed by atoms with E-state index in [9.17, 15) is 0 Å². The van der Waals surface area contributed by atoms with Crippen LogP contribution >= 0.6 is 47.8 Å². The van der Waals surface area contributed by atoms with E-state index in [0.717, 1.165) is 20.3 Å². The molecule has 4 heteroatoms. The summed E-state index contributed by atoms with van der Waals surface area (Å²) in [4.78, 5) is 0.0780. The molecule has 0 bridgehead atoms. The second-order valence-corrected chi connectivity index (χ2v) is 6.85. The first-order chi connectivity index (χ1) is 9.04. The smallest absolute Gasteiger partial charge is 0.123 e. The van der Waals surface area contributed by atoms with Gasteiger partial charge in [-0.3, -0.25) is 0 Å². The van der Waals surface area contributed by atoms with Gasteiger partial charge in [0, 0.05) is 14.5 Å². The number of rotatable bonds is 3. The summed E-state index contributed by atoms with van der Waals surface area (Å²) in [5.41, 5.74) is 3.51. The molecule has 1 nitrogen and oxygen atoms in total. The lowest BCUT2D eigenvalue weighted by Crippen LogP contribution is -1.99. The third-order valence-electron chi connectivity index (χ3n) is 2.96. The van der Waals surface area contributed by atoms with Crippen LogP contribution in [0.1, 0.15) is 21.5 Å². The van der Waals surface area contributed by atoms with Gasteiger partial charge in [0.05, 0.1) is 11.9 Å². The number of alkyl halides is 1. The second kappa shape index (κ2) is 6.42. The van der Waals surface area contributed by atoms with Crippen molar-refractivity contribution in [2.75, 3.05) is 7.11 Å². The van der Waals surface area contributed by atoms with Crippen molar-refractivity contribution in [3.05, 3.63) is 62.0 Å². The van der Waals surface area contributed by atoms with Crippen molar-refractivity contribution in [3.8, 4) is 5.75 Å². The number of benzene rings is 2. The van der Waals surface area contributed by atoms with Crippen LogP contribution in [0.2, 0.25) is 0 Å². The highest BCUT2D eigenvalue weighted by Crippen LogP contribution is 2.41. The molecule has 100 valence electrons. The molecule has 0 saturated carbocycles. The van der Waals surface area contributed by atoms with Crippen molar-refractivity contribution in [2.24, 2.45) is 0 Å². The van der Waals surface area contributed by atoms with Crippen LogP contribution in [0.15, 0.2) is 45.3 Å². The number of hydrogen-bond donors (Lipinski definition) is 0. The molecule has 19 heavy (non-hydrogen) atoms. The zero-order chi connectivity index (χ0) is 14.0. The Bertz CT molecular complexity index is 596. The molecule has 1 unspecified atom stereocenters. The Balaban J connectivity index is 2.52. The van der Waals surface area contributed by atoms with Crippen molar-refractivity contribution >= 4 is 47.8 Å². The molecular formula is C15H13Br3O. The first kappa shape index (κ1) is 15.1. The van der Waals surface area contributed by atoms with Crippen molar-refractivity contribution in [1.82, 2.24) is 0 Å². The third kappa shape index (κ3) is 3.23. The van der Waals surface area contributed by atoms with Crippen LogP contribution in [0.3, 0.4) is 0 Å². The molecule has 0 aliphatic rings. The van der Waals surface area contributed by atoms with Crippen molar-refractivity contribution in [3.63, 3.8) is 0 Å². The van der Waals surface area contributed by atoms with Gasteiger partial charge in [-0.05, 0) is 36.2 Å². The van der Waals surface area contributed by atoms with Gasteiger partial charge < -0.3 is 4.74 Å². The maximum atomic E-state index is 5.45. The van der Waals surface area contributed by atoms with Gasteiger partial charge in [0.25, 0.3) is 0 Å². The van der Waals surface area contributed by atoms with Crippen LogP contribution < -0.4 is 4.74 Å². The lowest BCUT2D eigenvalue weighted by atomic mass is 10.0. The molecule has 0 heterocycles. The molecule has 2 aromatic carbocycles. The van der Waals surface area contributed by atoms with Crippen LogP contribution in [0.5, 0.6) is 5.75 Å². The van der Waals surface area contributed by atoms with Gasteiger partial charge in [-0.2, -0.15) is 0 Å². The van der Waals surface area contributed by atoms with E-state index in [1.165, 1.54) is 11.1 Å². The number of ether oxygens (including phenoxy) is 1. The highest BCUT2D eigenvalue weighted by molar-refractivity contribution is 9.11. The van der Waals surface area contributed by atoms with Crippen molar-refractivity contribution in [1.29, 1.82) is 0 Å². The fraction of sp³-hybridized carbons (Fsp3) is 0.200. The Morgan fingerprint density at radius 3 is 2.47 bits per heavy atom. The van der Waals surface area contributed by atoms with Crippen LogP contribution in [0.25, 0.3) is 0 Å². The normalized spacial score (nSPS) is 12.3. The van der Waals surface area contributed by atoms with E-state index in [1.54, 1.807) is 7.11 Å². The zero-order valence-corrected chi connectivity index (χ0v) is 15.3. The third-order valence-corrected chi connectivity index (χ3v) is 5.52. The summed E-state index contributed by atoms with van der Waals surface area (Å²) in [5, 5.41) is 0. The Morgan fingerprint density at radius 2 is 1.79 bits per heavy atom.